The van der Waals surface area contributed by atoms with Gasteiger partial charge in [-0.05, 0) is 49.6 Å². The van der Waals surface area contributed by atoms with Gasteiger partial charge in [-0.25, -0.2) is 8.42 Å². The number of nitrogens with one attached hydrogen (secondary N) is 1. The lowest BCUT2D eigenvalue weighted by Crippen LogP contribution is -2.38. The number of hydrogen-bond acceptors (Lipinski definition) is 7. The Hall–Kier alpha value is -2.43. The molecule has 0 saturated heterocycles. The van der Waals surface area contributed by atoms with Crippen LogP contribution in [0.2, 0.25) is 0 Å². The van der Waals surface area contributed by atoms with Crippen LogP contribution in [0.3, 0.4) is 0 Å². The SMILES string of the molecule is CCCSc1nnc(NC(=O)CN(c2cccc(C)c2C)S(=O)(=O)c2ccccc2)s1. The Bertz CT molecular complexity index is 1150. The van der Waals surface area contributed by atoms with Gasteiger partial charge in [0, 0.05) is 5.75 Å². The van der Waals surface area contributed by atoms with Crippen molar-refractivity contribution in [1.29, 1.82) is 0 Å². The molecule has 3 rings (SSSR count). The van der Waals surface area contributed by atoms with E-state index in [4.69, 9.17) is 0 Å². The second kappa shape index (κ2) is 10.3. The Labute approximate surface area is 191 Å². The number of anilines is 2. The van der Waals surface area contributed by atoms with Gasteiger partial charge in [-0.15, -0.1) is 10.2 Å². The van der Waals surface area contributed by atoms with Gasteiger partial charge in [0.25, 0.3) is 10.0 Å². The van der Waals surface area contributed by atoms with Gasteiger partial charge in [0.2, 0.25) is 11.0 Å². The second-order valence-electron chi connectivity index (χ2n) is 6.81. The summed E-state index contributed by atoms with van der Waals surface area (Å²) in [6.07, 6.45) is 1.01. The minimum atomic E-state index is -3.95. The first kappa shape index (κ1) is 23.2. The lowest BCUT2D eigenvalue weighted by molar-refractivity contribution is -0.114. The van der Waals surface area contributed by atoms with E-state index in [1.807, 2.05) is 19.9 Å². The topological polar surface area (TPSA) is 92.3 Å². The van der Waals surface area contributed by atoms with Gasteiger partial charge in [-0.3, -0.25) is 14.4 Å². The van der Waals surface area contributed by atoms with E-state index in [0.29, 0.717) is 10.8 Å². The Kier molecular flexibility index (Phi) is 7.69. The van der Waals surface area contributed by atoms with Crippen molar-refractivity contribution < 1.29 is 13.2 Å². The van der Waals surface area contributed by atoms with Crippen LogP contribution >= 0.6 is 23.1 Å². The van der Waals surface area contributed by atoms with Gasteiger partial charge in [0.1, 0.15) is 6.54 Å². The minimum absolute atomic E-state index is 0.123. The molecule has 0 aliphatic carbocycles. The predicted molar refractivity (Wildman–Crippen MR) is 126 cm³/mol. The highest BCUT2D eigenvalue weighted by Gasteiger charge is 2.28. The first-order chi connectivity index (χ1) is 14.8. The third-order valence-electron chi connectivity index (χ3n) is 4.55. The number of carbonyl (C=O) groups is 1. The predicted octanol–water partition coefficient (Wildman–Crippen LogP) is 4.49. The standard InChI is InChI=1S/C21H24N4O3S3/c1-4-13-29-21-24-23-20(30-21)22-19(26)14-25(18-12-8-9-15(2)16(18)3)31(27,28)17-10-6-5-7-11-17/h5-12H,4,13-14H2,1-3H3,(H,22,23,26). The first-order valence-electron chi connectivity index (χ1n) is 9.73. The Morgan fingerprint density at radius 3 is 2.55 bits per heavy atom. The van der Waals surface area contributed by atoms with Crippen LogP contribution in [0, 0.1) is 13.8 Å². The molecule has 0 bridgehead atoms. The molecule has 3 aromatic rings. The van der Waals surface area contributed by atoms with Crippen molar-refractivity contribution in [1.82, 2.24) is 10.2 Å². The zero-order chi connectivity index (χ0) is 22.4. The average Bonchev–Trinajstić information content (AvgIpc) is 3.20. The van der Waals surface area contributed by atoms with Gasteiger partial charge in [0.15, 0.2) is 4.34 Å². The highest BCUT2D eigenvalue weighted by molar-refractivity contribution is 8.01. The monoisotopic (exact) mass is 476 g/mol. The van der Waals surface area contributed by atoms with Crippen molar-refractivity contribution in [3.8, 4) is 0 Å². The summed E-state index contributed by atoms with van der Waals surface area (Å²) in [5, 5.41) is 11.1. The maximum Gasteiger partial charge on any atom is 0.264 e. The van der Waals surface area contributed by atoms with E-state index in [9.17, 15) is 13.2 Å². The van der Waals surface area contributed by atoms with Crippen molar-refractivity contribution in [2.75, 3.05) is 21.9 Å². The van der Waals surface area contributed by atoms with E-state index >= 15 is 0 Å². The molecule has 0 saturated carbocycles. The number of thioether (sulfide) groups is 1. The molecular formula is C21H24N4O3S3. The van der Waals surface area contributed by atoms with Crippen molar-refractivity contribution in [3.63, 3.8) is 0 Å². The molecule has 2 aromatic carbocycles. The van der Waals surface area contributed by atoms with Crippen molar-refractivity contribution in [2.45, 2.75) is 36.4 Å². The zero-order valence-electron chi connectivity index (χ0n) is 17.5. The summed E-state index contributed by atoms with van der Waals surface area (Å²) < 4.78 is 28.8. The Morgan fingerprint density at radius 1 is 1.10 bits per heavy atom. The molecule has 0 aliphatic rings. The van der Waals surface area contributed by atoms with E-state index in [1.165, 1.54) is 23.5 Å². The average molecular weight is 477 g/mol. The van der Waals surface area contributed by atoms with Crippen LogP contribution in [-0.2, 0) is 14.8 Å². The van der Waals surface area contributed by atoms with Gasteiger partial charge < -0.3 is 0 Å². The summed E-state index contributed by atoms with van der Waals surface area (Å²) in [6.45, 7) is 5.45. The summed E-state index contributed by atoms with van der Waals surface area (Å²) in [6, 6.07) is 13.5. The number of carbonyl (C=O) groups excluding carboxylic acids is 1. The molecule has 164 valence electrons. The highest BCUT2D eigenvalue weighted by Crippen LogP contribution is 2.29. The number of rotatable bonds is 9. The smallest absolute Gasteiger partial charge is 0.264 e. The Balaban J connectivity index is 1.89. The van der Waals surface area contributed by atoms with E-state index in [2.05, 4.69) is 22.4 Å². The molecule has 10 heteroatoms. The lowest BCUT2D eigenvalue weighted by atomic mass is 10.1. The summed E-state index contributed by atoms with van der Waals surface area (Å²) in [5.74, 6) is 0.432. The van der Waals surface area contributed by atoms with Gasteiger partial charge in [-0.2, -0.15) is 0 Å². The van der Waals surface area contributed by atoms with Crippen LogP contribution in [0.15, 0.2) is 57.8 Å². The third kappa shape index (κ3) is 5.63. The molecule has 1 aromatic heterocycles. The van der Waals surface area contributed by atoms with Crippen LogP contribution in [0.5, 0.6) is 0 Å². The molecule has 1 amide bonds. The highest BCUT2D eigenvalue weighted by atomic mass is 32.2. The Morgan fingerprint density at radius 2 is 1.84 bits per heavy atom. The van der Waals surface area contributed by atoms with Gasteiger partial charge in [0.05, 0.1) is 10.6 Å². The summed E-state index contributed by atoms with van der Waals surface area (Å²) >= 11 is 2.85. The van der Waals surface area contributed by atoms with E-state index in [-0.39, 0.29) is 11.4 Å². The summed E-state index contributed by atoms with van der Waals surface area (Å²) in [4.78, 5) is 12.9. The van der Waals surface area contributed by atoms with Crippen LogP contribution < -0.4 is 9.62 Å². The third-order valence-corrected chi connectivity index (χ3v) is 8.50. The summed E-state index contributed by atoms with van der Waals surface area (Å²) in [5.41, 5.74) is 2.20. The zero-order valence-corrected chi connectivity index (χ0v) is 20.0. The fourth-order valence-electron chi connectivity index (χ4n) is 2.82. The molecule has 0 spiro atoms. The van der Waals surface area contributed by atoms with Crippen molar-refractivity contribution >= 4 is 49.8 Å². The van der Waals surface area contributed by atoms with Crippen LogP contribution in [0.4, 0.5) is 10.8 Å². The normalized spacial score (nSPS) is 11.3. The quantitative estimate of drug-likeness (QED) is 0.361. The maximum atomic E-state index is 13.4. The van der Waals surface area contributed by atoms with E-state index in [1.54, 1.807) is 42.1 Å². The largest absolute Gasteiger partial charge is 0.299 e. The number of nitrogens with zero attached hydrogens (tertiary/aromatic N) is 3. The molecule has 0 fully saturated rings. The van der Waals surface area contributed by atoms with Crippen LogP contribution in [0.25, 0.3) is 0 Å². The maximum absolute atomic E-state index is 13.4. The van der Waals surface area contributed by atoms with Crippen molar-refractivity contribution in [3.05, 3.63) is 59.7 Å². The summed E-state index contributed by atoms with van der Waals surface area (Å²) in [7, 11) is -3.95. The molecule has 1 N–H and O–H groups in total. The number of benzene rings is 2. The molecule has 1 heterocycles. The lowest BCUT2D eigenvalue weighted by Gasteiger charge is -2.26. The number of amides is 1. The number of hydrogen-bond donors (Lipinski definition) is 1. The number of aryl methyl sites for hydroxylation is 1. The molecule has 31 heavy (non-hydrogen) atoms. The van der Waals surface area contributed by atoms with Crippen LogP contribution in [0.1, 0.15) is 24.5 Å². The van der Waals surface area contributed by atoms with Crippen LogP contribution in [-0.4, -0.2) is 36.8 Å². The van der Waals surface area contributed by atoms with Gasteiger partial charge >= 0.3 is 0 Å². The molecule has 0 radical (unpaired) electrons. The molecule has 0 atom stereocenters. The van der Waals surface area contributed by atoms with Gasteiger partial charge in [-0.1, -0.05) is 60.4 Å². The first-order valence-corrected chi connectivity index (χ1v) is 13.0. The van der Waals surface area contributed by atoms with E-state index in [0.717, 1.165) is 31.9 Å². The number of sulfonamides is 1. The number of aromatic nitrogens is 2. The van der Waals surface area contributed by atoms with Crippen molar-refractivity contribution in [2.24, 2.45) is 0 Å². The van der Waals surface area contributed by atoms with E-state index < -0.39 is 15.9 Å². The molecule has 0 unspecified atom stereocenters. The fourth-order valence-corrected chi connectivity index (χ4v) is 6.02. The molecule has 7 nitrogen and oxygen atoms in total. The minimum Gasteiger partial charge on any atom is -0.299 e. The molecular weight excluding hydrogens is 452 g/mol. The molecule has 0 aliphatic heterocycles. The fraction of sp³-hybridized carbons (Fsp3) is 0.286. The second-order valence-corrected chi connectivity index (χ2v) is 11.0.